The van der Waals surface area contributed by atoms with E-state index in [2.05, 4.69) is 12.1 Å². The highest BCUT2D eigenvalue weighted by atomic mass is 16.7. The molecule has 0 unspecified atom stereocenters. The van der Waals surface area contributed by atoms with Crippen LogP contribution < -0.4 is 9.47 Å². The van der Waals surface area contributed by atoms with Crippen LogP contribution >= 0.6 is 0 Å². The highest BCUT2D eigenvalue weighted by Crippen LogP contribution is 2.27. The summed E-state index contributed by atoms with van der Waals surface area (Å²) >= 11 is 0. The summed E-state index contributed by atoms with van der Waals surface area (Å²) in [5, 5.41) is 18.1. The Bertz CT molecular complexity index is 663. The summed E-state index contributed by atoms with van der Waals surface area (Å²) < 4.78 is 11.5. The predicted molar refractivity (Wildman–Crippen MR) is 77.6 cm³/mol. The summed E-state index contributed by atoms with van der Waals surface area (Å²) in [6, 6.07) is 18.0. The van der Waals surface area contributed by atoms with E-state index in [0.29, 0.717) is 22.6 Å². The van der Waals surface area contributed by atoms with Crippen LogP contribution in [0.4, 0.5) is 0 Å². The monoisotopic (exact) mass is 278 g/mol. The average Bonchev–Trinajstić information content (AvgIpc) is 2.47. The number of para-hydroxylation sites is 2. The fourth-order valence-corrected chi connectivity index (χ4v) is 1.85. The van der Waals surface area contributed by atoms with Crippen molar-refractivity contribution in [3.63, 3.8) is 0 Å². The number of hydrogen-bond donors (Lipinski definition) is 0. The average molecular weight is 278 g/mol. The maximum absolute atomic E-state index is 9.07. The quantitative estimate of drug-likeness (QED) is 0.801. The molecule has 0 fully saturated rings. The fraction of sp³-hybridized carbons (Fsp3) is 0.176. The second-order valence-corrected chi connectivity index (χ2v) is 4.82. The Morgan fingerprint density at radius 3 is 1.52 bits per heavy atom. The molecule has 0 amide bonds. The van der Waals surface area contributed by atoms with Crippen molar-refractivity contribution in [3.8, 4) is 23.6 Å². The third-order valence-electron chi connectivity index (χ3n) is 2.73. The van der Waals surface area contributed by atoms with Crippen LogP contribution in [-0.2, 0) is 0 Å². The van der Waals surface area contributed by atoms with Crippen molar-refractivity contribution >= 4 is 0 Å². The van der Waals surface area contributed by atoms with Crippen molar-refractivity contribution in [1.82, 2.24) is 0 Å². The van der Waals surface area contributed by atoms with E-state index in [9.17, 15) is 0 Å². The molecule has 4 heteroatoms. The first kappa shape index (κ1) is 14.4. The molecule has 2 aromatic carbocycles. The van der Waals surface area contributed by atoms with Gasteiger partial charge in [0.25, 0.3) is 0 Å². The van der Waals surface area contributed by atoms with E-state index < -0.39 is 5.79 Å². The predicted octanol–water partition coefficient (Wildman–Crippen LogP) is 3.62. The zero-order valence-corrected chi connectivity index (χ0v) is 11.8. The van der Waals surface area contributed by atoms with Crippen LogP contribution in [0.1, 0.15) is 25.0 Å². The molecule has 0 saturated carbocycles. The summed E-state index contributed by atoms with van der Waals surface area (Å²) in [6.07, 6.45) is 0. The Morgan fingerprint density at radius 2 is 1.14 bits per heavy atom. The van der Waals surface area contributed by atoms with Gasteiger partial charge >= 0.3 is 0 Å². The van der Waals surface area contributed by atoms with Gasteiger partial charge in [0, 0.05) is 13.8 Å². The van der Waals surface area contributed by atoms with Gasteiger partial charge in [0.1, 0.15) is 23.6 Å². The molecule has 4 nitrogen and oxygen atoms in total. The van der Waals surface area contributed by atoms with Crippen LogP contribution in [0.15, 0.2) is 48.5 Å². The lowest BCUT2D eigenvalue weighted by Crippen LogP contribution is -2.35. The SMILES string of the molecule is CC(C)(Oc1ccccc1C#N)Oc1ccccc1C#N. The van der Waals surface area contributed by atoms with Gasteiger partial charge in [0.05, 0.1) is 11.1 Å². The van der Waals surface area contributed by atoms with Gasteiger partial charge in [0.2, 0.25) is 5.79 Å². The van der Waals surface area contributed by atoms with E-state index in [1.165, 1.54) is 0 Å². The van der Waals surface area contributed by atoms with Crippen molar-refractivity contribution < 1.29 is 9.47 Å². The van der Waals surface area contributed by atoms with Gasteiger partial charge in [-0.15, -0.1) is 0 Å². The first-order chi connectivity index (χ1) is 10.1. The van der Waals surface area contributed by atoms with Gasteiger partial charge in [-0.2, -0.15) is 10.5 Å². The Hall–Kier alpha value is -2.98. The van der Waals surface area contributed by atoms with Crippen LogP contribution in [0.5, 0.6) is 11.5 Å². The van der Waals surface area contributed by atoms with Crippen LogP contribution in [-0.4, -0.2) is 5.79 Å². The number of rotatable bonds is 4. The minimum Gasteiger partial charge on any atom is -0.452 e. The standard InChI is InChI=1S/C17H14N2O2/c1-17(2,20-15-9-5-3-7-13(15)11-18)21-16-10-6-4-8-14(16)12-19/h3-10H,1-2H3. The fourth-order valence-electron chi connectivity index (χ4n) is 1.85. The largest absolute Gasteiger partial charge is 0.452 e. The summed E-state index contributed by atoms with van der Waals surface area (Å²) in [4.78, 5) is 0. The lowest BCUT2D eigenvalue weighted by atomic mass is 10.2. The van der Waals surface area contributed by atoms with E-state index in [0.717, 1.165) is 0 Å². The molecule has 2 rings (SSSR count). The maximum Gasteiger partial charge on any atom is 0.245 e. The molecular formula is C17H14N2O2. The van der Waals surface area contributed by atoms with Gasteiger partial charge in [0.15, 0.2) is 0 Å². The second kappa shape index (κ2) is 5.98. The molecule has 0 atom stereocenters. The summed E-state index contributed by atoms with van der Waals surface area (Å²) in [6.45, 7) is 3.46. The molecule has 0 aliphatic rings. The molecule has 104 valence electrons. The maximum atomic E-state index is 9.07. The van der Waals surface area contributed by atoms with Crippen molar-refractivity contribution in [1.29, 1.82) is 10.5 Å². The van der Waals surface area contributed by atoms with E-state index in [1.807, 2.05) is 0 Å². The lowest BCUT2D eigenvalue weighted by Gasteiger charge is -2.28. The Balaban J connectivity index is 2.23. The van der Waals surface area contributed by atoms with E-state index >= 15 is 0 Å². The number of nitriles is 2. The third-order valence-corrected chi connectivity index (χ3v) is 2.73. The first-order valence-electron chi connectivity index (χ1n) is 6.42. The first-order valence-corrected chi connectivity index (χ1v) is 6.42. The van der Waals surface area contributed by atoms with Gasteiger partial charge in [-0.1, -0.05) is 24.3 Å². The summed E-state index contributed by atoms with van der Waals surface area (Å²) in [5.74, 6) is -0.126. The molecule has 2 aromatic rings. The Morgan fingerprint density at radius 1 is 0.762 bits per heavy atom. The summed E-state index contributed by atoms with van der Waals surface area (Å²) in [7, 11) is 0. The Kier molecular flexibility index (Phi) is 4.11. The molecule has 0 heterocycles. The van der Waals surface area contributed by atoms with Crippen molar-refractivity contribution in [3.05, 3.63) is 59.7 Å². The molecule has 0 aromatic heterocycles. The van der Waals surface area contributed by atoms with Crippen LogP contribution in [0.3, 0.4) is 0 Å². The molecule has 0 saturated heterocycles. The number of nitrogens with zero attached hydrogens (tertiary/aromatic N) is 2. The topological polar surface area (TPSA) is 66.0 Å². The van der Waals surface area contributed by atoms with Gasteiger partial charge < -0.3 is 9.47 Å². The molecule has 0 spiro atoms. The van der Waals surface area contributed by atoms with E-state index in [1.54, 1.807) is 62.4 Å². The lowest BCUT2D eigenvalue weighted by molar-refractivity contribution is -0.0813. The number of hydrogen-bond acceptors (Lipinski definition) is 4. The molecule has 0 aliphatic heterocycles. The van der Waals surface area contributed by atoms with Crippen LogP contribution in [0.2, 0.25) is 0 Å². The number of ether oxygens (including phenoxy) is 2. The Labute approximate surface area is 123 Å². The molecule has 0 N–H and O–H groups in total. The van der Waals surface area contributed by atoms with Gasteiger partial charge in [-0.05, 0) is 24.3 Å². The molecule has 0 radical (unpaired) electrons. The van der Waals surface area contributed by atoms with E-state index in [-0.39, 0.29) is 0 Å². The van der Waals surface area contributed by atoms with Gasteiger partial charge in [-0.25, -0.2) is 0 Å². The smallest absolute Gasteiger partial charge is 0.245 e. The zero-order chi connectivity index (χ0) is 15.3. The zero-order valence-electron chi connectivity index (χ0n) is 11.8. The van der Waals surface area contributed by atoms with Crippen molar-refractivity contribution in [2.24, 2.45) is 0 Å². The molecule has 0 bridgehead atoms. The van der Waals surface area contributed by atoms with Crippen LogP contribution in [0, 0.1) is 22.7 Å². The van der Waals surface area contributed by atoms with Crippen molar-refractivity contribution in [2.45, 2.75) is 19.6 Å². The highest BCUT2D eigenvalue weighted by Gasteiger charge is 2.24. The molecule has 0 aliphatic carbocycles. The highest BCUT2D eigenvalue weighted by molar-refractivity contribution is 5.44. The van der Waals surface area contributed by atoms with Gasteiger partial charge in [-0.3, -0.25) is 0 Å². The van der Waals surface area contributed by atoms with E-state index in [4.69, 9.17) is 20.0 Å². The van der Waals surface area contributed by atoms with Crippen molar-refractivity contribution in [2.75, 3.05) is 0 Å². The molecular weight excluding hydrogens is 264 g/mol. The minimum absolute atomic E-state index is 0.433. The molecule has 21 heavy (non-hydrogen) atoms. The number of benzene rings is 2. The minimum atomic E-state index is -1.01. The van der Waals surface area contributed by atoms with Crippen LogP contribution in [0.25, 0.3) is 0 Å². The normalized spacial score (nSPS) is 10.3. The summed E-state index contributed by atoms with van der Waals surface area (Å²) in [5.41, 5.74) is 0.866. The second-order valence-electron chi connectivity index (χ2n) is 4.82. The third kappa shape index (κ3) is 3.52.